The van der Waals surface area contributed by atoms with Crippen LogP contribution in [0.5, 0.6) is 0 Å². The SMILES string of the molecule is CCn1c(=O)c2c(nc(-n3nc(C)cc3C)n2Cc2c(F)cccc2Cl)n(C)c1=O. The normalized spacial score (nSPS) is 11.5. The molecule has 0 aliphatic heterocycles. The van der Waals surface area contributed by atoms with Gasteiger partial charge in [0.2, 0.25) is 5.95 Å². The van der Waals surface area contributed by atoms with Crippen molar-refractivity contribution in [1.82, 2.24) is 28.5 Å². The van der Waals surface area contributed by atoms with Crippen molar-refractivity contribution >= 4 is 22.8 Å². The molecule has 0 saturated carbocycles. The van der Waals surface area contributed by atoms with Gasteiger partial charge in [-0.15, -0.1) is 0 Å². The van der Waals surface area contributed by atoms with Crippen LogP contribution >= 0.6 is 11.6 Å². The fraction of sp³-hybridized carbons (Fsp3) is 0.300. The number of aromatic nitrogens is 6. The van der Waals surface area contributed by atoms with Gasteiger partial charge in [-0.05, 0) is 39.0 Å². The highest BCUT2D eigenvalue weighted by atomic mass is 35.5. The molecule has 0 aliphatic carbocycles. The van der Waals surface area contributed by atoms with Crippen LogP contribution in [-0.2, 0) is 20.1 Å². The fourth-order valence-electron chi connectivity index (χ4n) is 3.62. The van der Waals surface area contributed by atoms with Gasteiger partial charge in [-0.2, -0.15) is 10.1 Å². The number of aryl methyl sites for hydroxylation is 3. The quantitative estimate of drug-likeness (QED) is 0.498. The van der Waals surface area contributed by atoms with Gasteiger partial charge in [-0.3, -0.25) is 18.5 Å². The molecule has 0 unspecified atom stereocenters. The molecule has 0 atom stereocenters. The van der Waals surface area contributed by atoms with Gasteiger partial charge in [-0.25, -0.2) is 13.9 Å². The Labute approximate surface area is 175 Å². The molecule has 0 amide bonds. The summed E-state index contributed by atoms with van der Waals surface area (Å²) in [5, 5.41) is 4.69. The van der Waals surface area contributed by atoms with Crippen molar-refractivity contribution in [2.75, 3.05) is 0 Å². The number of halogens is 2. The Hall–Kier alpha value is -3.20. The van der Waals surface area contributed by atoms with Gasteiger partial charge in [-0.1, -0.05) is 17.7 Å². The Balaban J connectivity index is 2.13. The molecule has 8 nitrogen and oxygen atoms in total. The van der Waals surface area contributed by atoms with Gasteiger partial charge >= 0.3 is 5.69 Å². The van der Waals surface area contributed by atoms with E-state index >= 15 is 0 Å². The first-order valence-electron chi connectivity index (χ1n) is 9.41. The van der Waals surface area contributed by atoms with Gasteiger partial charge in [0.05, 0.1) is 12.2 Å². The van der Waals surface area contributed by atoms with Crippen LogP contribution in [0.3, 0.4) is 0 Å². The van der Waals surface area contributed by atoms with E-state index in [0.717, 1.165) is 16.0 Å². The molecule has 0 radical (unpaired) electrons. The predicted octanol–water partition coefficient (Wildman–Crippen LogP) is 2.56. The molecule has 4 aromatic rings. The predicted molar refractivity (Wildman–Crippen MR) is 112 cm³/mol. The Morgan fingerprint density at radius 2 is 1.90 bits per heavy atom. The third kappa shape index (κ3) is 2.97. The van der Waals surface area contributed by atoms with Crippen molar-refractivity contribution < 1.29 is 4.39 Å². The lowest BCUT2D eigenvalue weighted by Crippen LogP contribution is -2.39. The van der Waals surface area contributed by atoms with Gasteiger partial charge in [0.25, 0.3) is 5.56 Å². The molecule has 1 aromatic carbocycles. The minimum atomic E-state index is -0.497. The molecule has 30 heavy (non-hydrogen) atoms. The maximum Gasteiger partial charge on any atom is 0.332 e. The van der Waals surface area contributed by atoms with Crippen LogP contribution in [0, 0.1) is 19.7 Å². The van der Waals surface area contributed by atoms with Crippen LogP contribution in [0.1, 0.15) is 23.9 Å². The van der Waals surface area contributed by atoms with E-state index in [2.05, 4.69) is 10.1 Å². The fourth-order valence-corrected chi connectivity index (χ4v) is 3.85. The first-order chi connectivity index (χ1) is 14.2. The highest BCUT2D eigenvalue weighted by Crippen LogP contribution is 2.24. The lowest BCUT2D eigenvalue weighted by Gasteiger charge is -2.12. The van der Waals surface area contributed by atoms with Gasteiger partial charge in [0.1, 0.15) is 5.82 Å². The number of benzene rings is 1. The number of hydrogen-bond donors (Lipinski definition) is 0. The molecule has 156 valence electrons. The van der Waals surface area contributed by atoms with Crippen LogP contribution in [0.4, 0.5) is 4.39 Å². The first kappa shape index (κ1) is 20.1. The van der Waals surface area contributed by atoms with E-state index in [1.165, 1.54) is 16.7 Å². The summed E-state index contributed by atoms with van der Waals surface area (Å²) >= 11 is 6.25. The van der Waals surface area contributed by atoms with E-state index in [1.807, 2.05) is 19.9 Å². The zero-order chi connectivity index (χ0) is 21.7. The highest BCUT2D eigenvalue weighted by molar-refractivity contribution is 6.31. The molecule has 4 rings (SSSR count). The number of nitrogens with zero attached hydrogens (tertiary/aromatic N) is 6. The molecular weight excluding hydrogens is 411 g/mol. The summed E-state index contributed by atoms with van der Waals surface area (Å²) in [6, 6.07) is 6.28. The molecule has 10 heteroatoms. The Morgan fingerprint density at radius 1 is 1.17 bits per heavy atom. The zero-order valence-corrected chi connectivity index (χ0v) is 17.7. The summed E-state index contributed by atoms with van der Waals surface area (Å²) in [5.74, 6) is -0.194. The van der Waals surface area contributed by atoms with Crippen molar-refractivity contribution in [2.24, 2.45) is 7.05 Å². The Morgan fingerprint density at radius 3 is 2.50 bits per heavy atom. The van der Waals surface area contributed by atoms with E-state index in [-0.39, 0.29) is 34.8 Å². The number of rotatable bonds is 4. The van der Waals surface area contributed by atoms with Crippen LogP contribution in [0.2, 0.25) is 5.02 Å². The molecule has 0 fully saturated rings. The minimum absolute atomic E-state index is 0.0488. The molecule has 0 saturated heterocycles. The molecule has 0 spiro atoms. The second-order valence-corrected chi connectivity index (χ2v) is 7.51. The highest BCUT2D eigenvalue weighted by Gasteiger charge is 2.23. The second-order valence-electron chi connectivity index (χ2n) is 7.10. The largest absolute Gasteiger partial charge is 0.332 e. The third-order valence-electron chi connectivity index (χ3n) is 5.11. The summed E-state index contributed by atoms with van der Waals surface area (Å²) < 4.78 is 20.1. The summed E-state index contributed by atoms with van der Waals surface area (Å²) in [4.78, 5) is 30.3. The average Bonchev–Trinajstić information content (AvgIpc) is 3.23. The molecule has 0 N–H and O–H groups in total. The van der Waals surface area contributed by atoms with E-state index in [4.69, 9.17) is 11.6 Å². The summed E-state index contributed by atoms with van der Waals surface area (Å²) in [5.41, 5.74) is 1.18. The summed E-state index contributed by atoms with van der Waals surface area (Å²) in [7, 11) is 1.55. The zero-order valence-electron chi connectivity index (χ0n) is 17.0. The van der Waals surface area contributed by atoms with Crippen molar-refractivity contribution in [3.05, 3.63) is 72.9 Å². The summed E-state index contributed by atoms with van der Waals surface area (Å²) in [6.07, 6.45) is 0. The van der Waals surface area contributed by atoms with Crippen molar-refractivity contribution in [2.45, 2.75) is 33.9 Å². The van der Waals surface area contributed by atoms with Crippen LogP contribution in [0.25, 0.3) is 17.1 Å². The van der Waals surface area contributed by atoms with Gasteiger partial charge in [0, 0.05) is 29.9 Å². The average molecular weight is 431 g/mol. The van der Waals surface area contributed by atoms with Crippen molar-refractivity contribution in [1.29, 1.82) is 0 Å². The molecule has 3 heterocycles. The maximum absolute atomic E-state index is 14.6. The van der Waals surface area contributed by atoms with Crippen LogP contribution < -0.4 is 11.2 Å². The minimum Gasteiger partial charge on any atom is -0.298 e. The second kappa shape index (κ2) is 7.24. The smallest absolute Gasteiger partial charge is 0.298 e. The standard InChI is InChI=1S/C20H20ClFN6O2/c1-5-26-18(29)16-17(25(4)20(26)30)23-19(28-12(3)9-11(2)24-28)27(16)10-13-14(21)7-6-8-15(13)22/h6-9H,5,10H2,1-4H3. The lowest BCUT2D eigenvalue weighted by molar-refractivity contribution is 0.594. The third-order valence-corrected chi connectivity index (χ3v) is 5.46. The van der Waals surface area contributed by atoms with Gasteiger partial charge < -0.3 is 0 Å². The summed E-state index contributed by atoms with van der Waals surface area (Å²) in [6.45, 7) is 5.55. The monoisotopic (exact) mass is 430 g/mol. The molecule has 0 bridgehead atoms. The Kier molecular flexibility index (Phi) is 4.85. The first-order valence-corrected chi connectivity index (χ1v) is 9.79. The molecular formula is C20H20ClFN6O2. The lowest BCUT2D eigenvalue weighted by atomic mass is 10.2. The van der Waals surface area contributed by atoms with E-state index in [0.29, 0.717) is 5.95 Å². The maximum atomic E-state index is 14.6. The van der Waals surface area contributed by atoms with Crippen LogP contribution in [0.15, 0.2) is 33.9 Å². The van der Waals surface area contributed by atoms with E-state index in [1.54, 1.807) is 29.3 Å². The van der Waals surface area contributed by atoms with Gasteiger partial charge in [0.15, 0.2) is 11.2 Å². The molecule has 3 aromatic heterocycles. The number of fused-ring (bicyclic) bond motifs is 1. The Bertz CT molecular complexity index is 1390. The van der Waals surface area contributed by atoms with Crippen molar-refractivity contribution in [3.63, 3.8) is 0 Å². The van der Waals surface area contributed by atoms with E-state index in [9.17, 15) is 14.0 Å². The number of imidazole rings is 1. The van der Waals surface area contributed by atoms with E-state index < -0.39 is 17.1 Å². The molecule has 0 aliphatic rings. The topological polar surface area (TPSA) is 79.6 Å². The van der Waals surface area contributed by atoms with Crippen LogP contribution in [-0.4, -0.2) is 28.5 Å². The number of hydrogen-bond acceptors (Lipinski definition) is 4. The van der Waals surface area contributed by atoms with Crippen molar-refractivity contribution in [3.8, 4) is 5.95 Å².